The van der Waals surface area contributed by atoms with Gasteiger partial charge in [-0.2, -0.15) is 0 Å². The Kier molecular flexibility index (Phi) is 9.76. The number of nitrogens with two attached hydrogens (primary N) is 2. The van der Waals surface area contributed by atoms with E-state index in [2.05, 4.69) is 20.6 Å². The van der Waals surface area contributed by atoms with Crippen LogP contribution in [0.25, 0.3) is 10.8 Å². The minimum Gasteiger partial charge on any atom is -0.404 e. The van der Waals surface area contributed by atoms with Gasteiger partial charge in [0, 0.05) is 36.2 Å². The number of benzene rings is 2. The molecule has 0 fully saturated rings. The van der Waals surface area contributed by atoms with Crippen LogP contribution in [-0.4, -0.2) is 29.6 Å². The molecule has 0 radical (unpaired) electrons. The molecule has 6 N–H and O–H groups in total. The summed E-state index contributed by atoms with van der Waals surface area (Å²) in [6.07, 6.45) is 4.13. The maximum absolute atomic E-state index is 12.6. The smallest absolute Gasteiger partial charge is 0.254 e. The summed E-state index contributed by atoms with van der Waals surface area (Å²) in [6.45, 7) is 8.14. The van der Waals surface area contributed by atoms with Gasteiger partial charge >= 0.3 is 0 Å². The lowest BCUT2D eigenvalue weighted by Crippen LogP contribution is -2.26. The van der Waals surface area contributed by atoms with E-state index in [9.17, 15) is 9.59 Å². The van der Waals surface area contributed by atoms with E-state index in [1.54, 1.807) is 18.3 Å². The molecule has 2 aromatic carbocycles. The van der Waals surface area contributed by atoms with Crippen LogP contribution in [0.4, 0.5) is 11.5 Å². The van der Waals surface area contributed by atoms with Gasteiger partial charge in [-0.1, -0.05) is 32.0 Å². The number of aryl methyl sites for hydroxylation is 2. The van der Waals surface area contributed by atoms with Crippen molar-refractivity contribution in [2.24, 2.45) is 10.7 Å². The molecule has 0 unspecified atom stereocenters. The summed E-state index contributed by atoms with van der Waals surface area (Å²) in [5.74, 6) is -0.196. The first kappa shape index (κ1) is 26.1. The molecule has 0 bridgehead atoms. The molecule has 1 heterocycles. The fraction of sp³-hybridized carbons (Fsp3) is 0.231. The van der Waals surface area contributed by atoms with Crippen molar-refractivity contribution in [3.05, 3.63) is 77.1 Å². The molecule has 0 aliphatic rings. The highest BCUT2D eigenvalue weighted by atomic mass is 16.2. The number of hydrogen-bond acceptors (Lipinski definition) is 6. The minimum atomic E-state index is -0.382. The number of carbonyl (C=O) groups is 2. The van der Waals surface area contributed by atoms with Crippen LogP contribution in [0, 0.1) is 13.8 Å². The summed E-state index contributed by atoms with van der Waals surface area (Å²) in [5, 5.41) is 7.47. The number of fused-ring (bicyclic) bond motifs is 1. The third kappa shape index (κ3) is 6.65. The van der Waals surface area contributed by atoms with Crippen molar-refractivity contribution < 1.29 is 9.59 Å². The van der Waals surface area contributed by atoms with Gasteiger partial charge in [0.1, 0.15) is 12.4 Å². The molecule has 8 nitrogen and oxygen atoms in total. The maximum Gasteiger partial charge on any atom is 0.254 e. The number of aromatic nitrogens is 1. The molecule has 34 heavy (non-hydrogen) atoms. The molecular weight excluding hydrogens is 428 g/mol. The molecule has 0 spiro atoms. The number of nitrogen functional groups attached to an aromatic ring is 1. The first-order valence-corrected chi connectivity index (χ1v) is 11.1. The van der Waals surface area contributed by atoms with Gasteiger partial charge in [-0.05, 0) is 60.2 Å². The average molecular weight is 461 g/mol. The SMILES string of the molecule is CC.Cc1cc2c(N)nccc2c(C)c1CNC(=O)/C(C=NCC(=O)Nc1ccccc1)=C/N. The monoisotopic (exact) mass is 460 g/mol. The Bertz CT molecular complexity index is 1200. The molecular formula is C26H32N6O2. The molecule has 1 aromatic heterocycles. The van der Waals surface area contributed by atoms with Crippen LogP contribution in [0.15, 0.2) is 65.4 Å². The van der Waals surface area contributed by atoms with Gasteiger partial charge in [-0.25, -0.2) is 4.98 Å². The number of para-hydroxylation sites is 1. The molecule has 8 heteroatoms. The fourth-order valence-electron chi connectivity index (χ4n) is 3.40. The number of pyridine rings is 1. The van der Waals surface area contributed by atoms with Gasteiger partial charge in [0.15, 0.2) is 0 Å². The van der Waals surface area contributed by atoms with E-state index in [1.165, 1.54) is 12.4 Å². The predicted molar refractivity (Wildman–Crippen MR) is 140 cm³/mol. The lowest BCUT2D eigenvalue weighted by molar-refractivity contribution is -0.117. The molecule has 3 rings (SSSR count). The highest BCUT2D eigenvalue weighted by Gasteiger charge is 2.13. The van der Waals surface area contributed by atoms with E-state index in [0.717, 1.165) is 27.5 Å². The normalized spacial score (nSPS) is 11.1. The quantitative estimate of drug-likeness (QED) is 0.315. The third-order valence-electron chi connectivity index (χ3n) is 5.10. The second kappa shape index (κ2) is 12.7. The molecule has 178 valence electrons. The van der Waals surface area contributed by atoms with Crippen LogP contribution in [-0.2, 0) is 16.1 Å². The molecule has 2 amide bonds. The summed E-state index contributed by atoms with van der Waals surface area (Å²) in [7, 11) is 0. The summed E-state index contributed by atoms with van der Waals surface area (Å²) in [4.78, 5) is 32.7. The number of amides is 2. The van der Waals surface area contributed by atoms with Gasteiger partial charge in [0.05, 0.1) is 5.57 Å². The third-order valence-corrected chi connectivity index (χ3v) is 5.10. The molecule has 0 aliphatic heterocycles. The zero-order chi connectivity index (χ0) is 25.1. The van der Waals surface area contributed by atoms with Crippen molar-refractivity contribution in [3.8, 4) is 0 Å². The standard InChI is InChI=1S/C24H26N6O2.C2H6/c1-15-10-20-19(8-9-28-23(20)26)16(2)21(15)13-29-24(32)17(11-25)12-27-14-22(31)30-18-6-4-3-5-7-18;1-2/h3-12H,13-14,25H2,1-2H3,(H2,26,28)(H,29,32)(H,30,31);1-2H3/b17-11+,27-12?;. The molecule has 0 saturated heterocycles. The van der Waals surface area contributed by atoms with Gasteiger partial charge in [-0.3, -0.25) is 14.6 Å². The van der Waals surface area contributed by atoms with Crippen molar-refractivity contribution >= 4 is 40.3 Å². The van der Waals surface area contributed by atoms with E-state index in [4.69, 9.17) is 11.5 Å². The lowest BCUT2D eigenvalue weighted by atomic mass is 9.96. The van der Waals surface area contributed by atoms with Crippen molar-refractivity contribution in [2.45, 2.75) is 34.2 Å². The van der Waals surface area contributed by atoms with Crippen LogP contribution in [0.3, 0.4) is 0 Å². The Morgan fingerprint density at radius 2 is 1.79 bits per heavy atom. The second-order valence-corrected chi connectivity index (χ2v) is 7.28. The largest absolute Gasteiger partial charge is 0.404 e. The number of nitrogens with zero attached hydrogens (tertiary/aromatic N) is 2. The Morgan fingerprint density at radius 1 is 1.09 bits per heavy atom. The minimum absolute atomic E-state index is 0.127. The number of nitrogens with one attached hydrogen (secondary N) is 2. The topological polar surface area (TPSA) is 135 Å². The van der Waals surface area contributed by atoms with E-state index >= 15 is 0 Å². The Morgan fingerprint density at radius 3 is 2.47 bits per heavy atom. The van der Waals surface area contributed by atoms with Crippen molar-refractivity contribution in [3.63, 3.8) is 0 Å². The second-order valence-electron chi connectivity index (χ2n) is 7.28. The van der Waals surface area contributed by atoms with Crippen LogP contribution < -0.4 is 22.1 Å². The maximum atomic E-state index is 12.6. The van der Waals surface area contributed by atoms with Crippen molar-refractivity contribution in [1.29, 1.82) is 0 Å². The zero-order valence-corrected chi connectivity index (χ0v) is 20.1. The predicted octanol–water partition coefficient (Wildman–Crippen LogP) is 3.63. The molecule has 3 aromatic rings. The number of hydrogen-bond donors (Lipinski definition) is 4. The molecule has 0 aliphatic carbocycles. The highest BCUT2D eigenvalue weighted by molar-refractivity contribution is 6.12. The summed E-state index contributed by atoms with van der Waals surface area (Å²) < 4.78 is 0. The highest BCUT2D eigenvalue weighted by Crippen LogP contribution is 2.27. The fourth-order valence-corrected chi connectivity index (χ4v) is 3.40. The average Bonchev–Trinajstić information content (AvgIpc) is 2.84. The van der Waals surface area contributed by atoms with E-state index in [1.807, 2.05) is 58.0 Å². The number of aliphatic imine (C=N–C) groups is 1. The van der Waals surface area contributed by atoms with E-state index in [-0.39, 0.29) is 23.9 Å². The van der Waals surface area contributed by atoms with Crippen molar-refractivity contribution in [1.82, 2.24) is 10.3 Å². The Hall–Kier alpha value is -4.20. The van der Waals surface area contributed by atoms with Crippen molar-refractivity contribution in [2.75, 3.05) is 17.6 Å². The number of rotatable bonds is 7. The van der Waals surface area contributed by atoms with Gasteiger partial charge in [0.2, 0.25) is 5.91 Å². The summed E-state index contributed by atoms with van der Waals surface area (Å²) >= 11 is 0. The molecule has 0 atom stereocenters. The van der Waals surface area contributed by atoms with Crippen LogP contribution in [0.1, 0.15) is 30.5 Å². The van der Waals surface area contributed by atoms with Crippen LogP contribution in [0.2, 0.25) is 0 Å². The van der Waals surface area contributed by atoms with Crippen LogP contribution >= 0.6 is 0 Å². The lowest BCUT2D eigenvalue weighted by Gasteiger charge is -2.15. The summed E-state index contributed by atoms with van der Waals surface area (Å²) in [5.41, 5.74) is 15.5. The van der Waals surface area contributed by atoms with E-state index < -0.39 is 0 Å². The number of carbonyl (C=O) groups excluding carboxylic acids is 2. The first-order valence-electron chi connectivity index (χ1n) is 11.1. The Labute approximate surface area is 200 Å². The van der Waals surface area contributed by atoms with Gasteiger partial charge in [-0.15, -0.1) is 0 Å². The Balaban J connectivity index is 0.00000199. The van der Waals surface area contributed by atoms with Crippen LogP contribution in [0.5, 0.6) is 0 Å². The van der Waals surface area contributed by atoms with Gasteiger partial charge < -0.3 is 22.1 Å². The molecule has 0 saturated carbocycles. The van der Waals surface area contributed by atoms with Gasteiger partial charge in [0.25, 0.3) is 5.91 Å². The summed E-state index contributed by atoms with van der Waals surface area (Å²) in [6, 6.07) is 12.9. The van der Waals surface area contributed by atoms with E-state index in [0.29, 0.717) is 18.1 Å². The zero-order valence-electron chi connectivity index (χ0n) is 20.1. The first-order chi connectivity index (χ1) is 16.4. The number of anilines is 2.